The van der Waals surface area contributed by atoms with Crippen LogP contribution in [0.2, 0.25) is 0 Å². The number of benzene rings is 3. The summed E-state index contributed by atoms with van der Waals surface area (Å²) in [5.74, 6) is -0.259. The number of amides is 2. The van der Waals surface area contributed by atoms with Crippen LogP contribution in [0, 0.1) is 16.7 Å². The molecule has 0 saturated carbocycles. The molecule has 1 aliphatic carbocycles. The van der Waals surface area contributed by atoms with E-state index in [0.29, 0.717) is 17.1 Å². The lowest BCUT2D eigenvalue weighted by molar-refractivity contribution is -0.154. The molecule has 10 heteroatoms. The number of hydrogen-bond donors (Lipinski definition) is 1. The summed E-state index contributed by atoms with van der Waals surface area (Å²) in [7, 11) is 0. The van der Waals surface area contributed by atoms with Crippen LogP contribution in [0.15, 0.2) is 66.7 Å². The monoisotopic (exact) mass is 595 g/mol. The van der Waals surface area contributed by atoms with Crippen LogP contribution in [0.4, 0.5) is 4.79 Å². The number of nitrogens with one attached hydrogen (secondary N) is 1. The van der Waals surface area contributed by atoms with Gasteiger partial charge in [0.05, 0.1) is 24.1 Å². The molecular formula is C34H33N3O7. The Bertz CT molecular complexity index is 1620. The fourth-order valence-corrected chi connectivity index (χ4v) is 6.64. The highest BCUT2D eigenvalue weighted by Crippen LogP contribution is 2.52. The highest BCUT2D eigenvalue weighted by Gasteiger charge is 2.56. The molecule has 4 atom stereocenters. The van der Waals surface area contributed by atoms with E-state index in [0.717, 1.165) is 22.3 Å². The van der Waals surface area contributed by atoms with Crippen molar-refractivity contribution in [2.24, 2.45) is 5.41 Å². The van der Waals surface area contributed by atoms with Gasteiger partial charge in [-0.2, -0.15) is 5.26 Å². The average Bonchev–Trinajstić information content (AvgIpc) is 3.72. The average molecular weight is 596 g/mol. The Hall–Kier alpha value is -5.04. The van der Waals surface area contributed by atoms with Gasteiger partial charge in [-0.05, 0) is 67.1 Å². The number of hydrogen-bond acceptors (Lipinski definition) is 8. The molecule has 0 bridgehead atoms. The standard InChI is InChI=1S/C34H33N3O7/c1-4-41-32(39)27-16-34(3,18-35)30(21-13-14-28-29(15-21)44-19-43-28)37(27)31(38)20(2)36-33(40)42-17-26-24-11-7-5-9-22(24)23-10-6-8-12-25(23)26/h5-15,20,26-27,30H,4,16-17,19H2,1-3H3,(H,36,40)/t20-,27-,30-,34+/m0/s1. The number of nitriles is 1. The zero-order valence-corrected chi connectivity index (χ0v) is 24.7. The molecule has 1 fully saturated rings. The van der Waals surface area contributed by atoms with Gasteiger partial charge in [-0.3, -0.25) is 4.79 Å². The molecule has 0 aromatic heterocycles. The third kappa shape index (κ3) is 4.98. The third-order valence-corrected chi connectivity index (χ3v) is 8.66. The van der Waals surface area contributed by atoms with Crippen molar-refractivity contribution in [3.8, 4) is 28.7 Å². The SMILES string of the molecule is CCOC(=O)[C@@H]1C[C@](C)(C#N)[C@H](c2ccc3c(c2)OCO3)N1C(=O)[C@H](C)NC(=O)OCC1c2ccccc2-c2ccccc21. The summed E-state index contributed by atoms with van der Waals surface area (Å²) in [4.78, 5) is 41.7. The molecule has 0 spiro atoms. The van der Waals surface area contributed by atoms with Gasteiger partial charge in [0, 0.05) is 5.92 Å². The quantitative estimate of drug-likeness (QED) is 0.375. The van der Waals surface area contributed by atoms with Crippen molar-refractivity contribution in [3.63, 3.8) is 0 Å². The van der Waals surface area contributed by atoms with Gasteiger partial charge in [0.1, 0.15) is 18.7 Å². The van der Waals surface area contributed by atoms with Crippen LogP contribution in [0.5, 0.6) is 11.5 Å². The lowest BCUT2D eigenvalue weighted by Gasteiger charge is -2.34. The van der Waals surface area contributed by atoms with Crippen LogP contribution in [0.25, 0.3) is 11.1 Å². The summed E-state index contributed by atoms with van der Waals surface area (Å²) >= 11 is 0. The van der Waals surface area contributed by atoms with Crippen molar-refractivity contribution in [2.45, 2.75) is 51.2 Å². The second kappa shape index (κ2) is 11.6. The molecular weight excluding hydrogens is 562 g/mol. The normalized spacial score (nSPS) is 22.0. The highest BCUT2D eigenvalue weighted by atomic mass is 16.7. The number of nitrogens with zero attached hydrogens (tertiary/aromatic N) is 2. The predicted molar refractivity (Wildman–Crippen MR) is 159 cm³/mol. The van der Waals surface area contributed by atoms with Crippen molar-refractivity contribution < 1.29 is 33.3 Å². The van der Waals surface area contributed by atoms with Gasteiger partial charge < -0.3 is 29.2 Å². The second-order valence-corrected chi connectivity index (χ2v) is 11.5. The molecule has 3 aliphatic rings. The summed E-state index contributed by atoms with van der Waals surface area (Å²) < 4.78 is 22.0. The first-order valence-corrected chi connectivity index (χ1v) is 14.7. The Morgan fingerprint density at radius 1 is 1.02 bits per heavy atom. The Labute approximate surface area is 255 Å². The molecule has 2 amide bonds. The van der Waals surface area contributed by atoms with Crippen molar-refractivity contribution in [3.05, 3.63) is 83.4 Å². The van der Waals surface area contributed by atoms with E-state index in [4.69, 9.17) is 18.9 Å². The van der Waals surface area contributed by atoms with Crippen molar-refractivity contribution >= 4 is 18.0 Å². The molecule has 1 N–H and O–H groups in total. The number of ether oxygens (including phenoxy) is 4. The topological polar surface area (TPSA) is 127 Å². The Morgan fingerprint density at radius 3 is 2.34 bits per heavy atom. The van der Waals surface area contributed by atoms with Gasteiger partial charge in [-0.25, -0.2) is 9.59 Å². The number of fused-ring (bicyclic) bond motifs is 4. The van der Waals surface area contributed by atoms with Crippen LogP contribution in [-0.2, 0) is 19.1 Å². The zero-order valence-electron chi connectivity index (χ0n) is 24.7. The highest BCUT2D eigenvalue weighted by molar-refractivity contribution is 5.91. The summed E-state index contributed by atoms with van der Waals surface area (Å²) in [5, 5.41) is 12.9. The van der Waals surface area contributed by atoms with Crippen molar-refractivity contribution in [1.82, 2.24) is 10.2 Å². The molecule has 226 valence electrons. The molecule has 0 unspecified atom stereocenters. The van der Waals surface area contributed by atoms with Gasteiger partial charge in [-0.1, -0.05) is 54.6 Å². The molecule has 44 heavy (non-hydrogen) atoms. The van der Waals surface area contributed by atoms with Crippen LogP contribution in [0.3, 0.4) is 0 Å². The number of esters is 1. The third-order valence-electron chi connectivity index (χ3n) is 8.66. The van der Waals surface area contributed by atoms with E-state index in [1.54, 1.807) is 32.0 Å². The smallest absolute Gasteiger partial charge is 0.407 e. The van der Waals surface area contributed by atoms with Gasteiger partial charge in [0.2, 0.25) is 12.7 Å². The molecule has 2 aliphatic heterocycles. The molecule has 10 nitrogen and oxygen atoms in total. The zero-order chi connectivity index (χ0) is 31.0. The fourth-order valence-electron chi connectivity index (χ4n) is 6.64. The number of carbonyl (C=O) groups is 3. The minimum absolute atomic E-state index is 0.0604. The summed E-state index contributed by atoms with van der Waals surface area (Å²) in [6.07, 6.45) is -0.701. The number of rotatable bonds is 7. The molecule has 3 aromatic carbocycles. The van der Waals surface area contributed by atoms with E-state index in [9.17, 15) is 19.6 Å². The number of likely N-dealkylation sites (tertiary alicyclic amines) is 1. The summed E-state index contributed by atoms with van der Waals surface area (Å²) in [5.41, 5.74) is 3.82. The maximum absolute atomic E-state index is 14.1. The molecule has 0 radical (unpaired) electrons. The van der Waals surface area contributed by atoms with Gasteiger partial charge in [-0.15, -0.1) is 0 Å². The molecule has 3 aromatic rings. The minimum atomic E-state index is -1.13. The Morgan fingerprint density at radius 2 is 1.68 bits per heavy atom. The van der Waals surface area contributed by atoms with Crippen LogP contribution in [-0.4, -0.2) is 55.0 Å². The summed E-state index contributed by atoms with van der Waals surface area (Å²) in [6, 6.07) is 20.6. The van der Waals surface area contributed by atoms with E-state index >= 15 is 0 Å². The minimum Gasteiger partial charge on any atom is -0.464 e. The number of carbonyl (C=O) groups excluding carboxylic acids is 3. The second-order valence-electron chi connectivity index (χ2n) is 11.5. The van der Waals surface area contributed by atoms with Gasteiger partial charge in [0.25, 0.3) is 0 Å². The molecule has 2 heterocycles. The first kappa shape index (κ1) is 29.1. The first-order chi connectivity index (χ1) is 21.3. The fraction of sp³-hybridized carbons (Fsp3) is 0.353. The van der Waals surface area contributed by atoms with Gasteiger partial charge in [0.15, 0.2) is 11.5 Å². The van der Waals surface area contributed by atoms with E-state index < -0.39 is 41.5 Å². The van der Waals surface area contributed by atoms with E-state index in [2.05, 4.69) is 23.5 Å². The van der Waals surface area contributed by atoms with Crippen molar-refractivity contribution in [1.29, 1.82) is 5.26 Å². The molecule has 1 saturated heterocycles. The van der Waals surface area contributed by atoms with E-state index in [1.807, 2.05) is 36.4 Å². The Kier molecular flexibility index (Phi) is 7.64. The van der Waals surface area contributed by atoms with E-state index in [-0.39, 0.29) is 32.3 Å². The van der Waals surface area contributed by atoms with E-state index in [1.165, 1.54) is 11.8 Å². The van der Waals surface area contributed by atoms with Crippen LogP contribution in [0.1, 0.15) is 55.8 Å². The molecule has 6 rings (SSSR count). The largest absolute Gasteiger partial charge is 0.464 e. The van der Waals surface area contributed by atoms with Crippen LogP contribution >= 0.6 is 0 Å². The maximum atomic E-state index is 14.1. The first-order valence-electron chi connectivity index (χ1n) is 14.7. The maximum Gasteiger partial charge on any atom is 0.407 e. The number of alkyl carbamates (subject to hydrolysis) is 1. The van der Waals surface area contributed by atoms with Gasteiger partial charge >= 0.3 is 12.1 Å². The van der Waals surface area contributed by atoms with Crippen LogP contribution < -0.4 is 14.8 Å². The van der Waals surface area contributed by atoms with Crippen molar-refractivity contribution in [2.75, 3.05) is 20.0 Å². The summed E-state index contributed by atoms with van der Waals surface area (Å²) in [6.45, 7) is 5.19. The Balaban J connectivity index is 1.22. The lowest BCUT2D eigenvalue weighted by atomic mass is 9.79. The predicted octanol–water partition coefficient (Wildman–Crippen LogP) is 5.08. The lowest BCUT2D eigenvalue weighted by Crippen LogP contribution is -2.52.